The van der Waals surface area contributed by atoms with E-state index in [0.29, 0.717) is 21.9 Å². The minimum Gasteiger partial charge on any atom is -0.385 e. The fourth-order valence-corrected chi connectivity index (χ4v) is 4.26. The molecule has 0 radical (unpaired) electrons. The molecular weight excluding hydrogens is 404 g/mol. The Kier molecular flexibility index (Phi) is 6.05. The van der Waals surface area contributed by atoms with E-state index in [1.165, 1.54) is 0 Å². The van der Waals surface area contributed by atoms with Crippen LogP contribution in [0.25, 0.3) is 0 Å². The predicted molar refractivity (Wildman–Crippen MR) is 114 cm³/mol. The molecule has 0 aliphatic carbocycles. The normalized spacial score (nSPS) is 18.5. The number of aromatic nitrogens is 1. The summed E-state index contributed by atoms with van der Waals surface area (Å²) in [6.07, 6.45) is 3.32. The molecule has 2 aromatic rings. The summed E-state index contributed by atoms with van der Waals surface area (Å²) in [5.74, 6) is 0.821. The number of carbonyl (C=O) groups excluding carboxylic acids is 1. The maximum atomic E-state index is 11.9. The Morgan fingerprint density at radius 1 is 1.30 bits per heavy atom. The summed E-state index contributed by atoms with van der Waals surface area (Å²) in [4.78, 5) is 18.7. The average Bonchev–Trinajstić information content (AvgIpc) is 2.93. The van der Waals surface area contributed by atoms with Crippen LogP contribution in [0.3, 0.4) is 0 Å². The van der Waals surface area contributed by atoms with Crippen molar-refractivity contribution in [3.05, 3.63) is 52.6 Å². The van der Waals surface area contributed by atoms with Gasteiger partial charge in [-0.05, 0) is 79.2 Å². The first-order chi connectivity index (χ1) is 12.9. The second-order valence-electron chi connectivity index (χ2n) is 7.80. The summed E-state index contributed by atoms with van der Waals surface area (Å²) in [6.45, 7) is 6.27. The molecule has 3 rings (SSSR count). The second-order valence-corrected chi connectivity index (χ2v) is 8.61. The number of carbonyl (C=O) groups is 1. The van der Waals surface area contributed by atoms with Gasteiger partial charge in [-0.2, -0.15) is 0 Å². The van der Waals surface area contributed by atoms with Crippen molar-refractivity contribution in [2.24, 2.45) is 11.7 Å². The van der Waals surface area contributed by atoms with Crippen molar-refractivity contribution in [3.63, 3.8) is 0 Å². The standard InChI is InChI=1S/C21H27BrN4O/c1-21(2)13-15(7-6-12-24-16-8-4-3-5-9-16)14-26(21)20-17(19(23)27)10-11-18(22)25-20/h3-5,8-11,15,24H,6-7,12-14H2,1-2H3,(H2,23,27). The summed E-state index contributed by atoms with van der Waals surface area (Å²) in [5, 5.41) is 3.47. The molecule has 144 valence electrons. The van der Waals surface area contributed by atoms with E-state index in [-0.39, 0.29) is 5.54 Å². The Bertz CT molecular complexity index is 794. The van der Waals surface area contributed by atoms with Gasteiger partial charge in [0.15, 0.2) is 0 Å². The minimum atomic E-state index is -0.434. The highest BCUT2D eigenvalue weighted by molar-refractivity contribution is 9.10. The van der Waals surface area contributed by atoms with Gasteiger partial charge in [-0.25, -0.2) is 4.98 Å². The van der Waals surface area contributed by atoms with Crippen LogP contribution >= 0.6 is 15.9 Å². The van der Waals surface area contributed by atoms with Crippen LogP contribution in [0.4, 0.5) is 11.5 Å². The van der Waals surface area contributed by atoms with Gasteiger partial charge in [0.1, 0.15) is 10.4 Å². The first kappa shape index (κ1) is 19.7. The highest BCUT2D eigenvalue weighted by atomic mass is 79.9. The molecule has 1 aromatic heterocycles. The van der Waals surface area contributed by atoms with Crippen LogP contribution < -0.4 is 16.0 Å². The number of nitrogens with one attached hydrogen (secondary N) is 1. The highest BCUT2D eigenvalue weighted by Gasteiger charge is 2.40. The molecule has 1 aliphatic heterocycles. The molecule has 0 saturated carbocycles. The molecule has 1 unspecified atom stereocenters. The van der Waals surface area contributed by atoms with Gasteiger partial charge in [-0.15, -0.1) is 0 Å². The highest BCUT2D eigenvalue weighted by Crippen LogP contribution is 2.39. The molecular formula is C21H27BrN4O. The number of hydrogen-bond acceptors (Lipinski definition) is 4. The maximum absolute atomic E-state index is 11.9. The van der Waals surface area contributed by atoms with E-state index in [1.807, 2.05) is 18.2 Å². The molecule has 6 heteroatoms. The van der Waals surface area contributed by atoms with E-state index in [0.717, 1.165) is 38.0 Å². The summed E-state index contributed by atoms with van der Waals surface area (Å²) in [7, 11) is 0. The zero-order valence-corrected chi connectivity index (χ0v) is 17.5. The smallest absolute Gasteiger partial charge is 0.252 e. The number of hydrogen-bond donors (Lipinski definition) is 2. The molecule has 5 nitrogen and oxygen atoms in total. The summed E-state index contributed by atoms with van der Waals surface area (Å²) >= 11 is 3.42. The Morgan fingerprint density at radius 2 is 2.04 bits per heavy atom. The lowest BCUT2D eigenvalue weighted by atomic mass is 9.93. The lowest BCUT2D eigenvalue weighted by Gasteiger charge is -2.33. The number of rotatable bonds is 7. The largest absolute Gasteiger partial charge is 0.385 e. The molecule has 1 aromatic carbocycles. The number of nitrogens with two attached hydrogens (primary N) is 1. The molecule has 1 fully saturated rings. The average molecular weight is 431 g/mol. The molecule has 1 atom stereocenters. The molecule has 3 N–H and O–H groups in total. The van der Waals surface area contributed by atoms with E-state index in [9.17, 15) is 4.79 Å². The molecule has 0 spiro atoms. The fraction of sp³-hybridized carbons (Fsp3) is 0.429. The van der Waals surface area contributed by atoms with Crippen LogP contribution in [0.5, 0.6) is 0 Å². The van der Waals surface area contributed by atoms with Crippen LogP contribution in [0.2, 0.25) is 0 Å². The van der Waals surface area contributed by atoms with Gasteiger partial charge in [0, 0.05) is 24.3 Å². The summed E-state index contributed by atoms with van der Waals surface area (Å²) in [6, 6.07) is 13.8. The van der Waals surface area contributed by atoms with Gasteiger partial charge in [0.05, 0.1) is 5.56 Å². The van der Waals surface area contributed by atoms with Crippen molar-refractivity contribution < 1.29 is 4.79 Å². The Labute approximate surface area is 169 Å². The number of anilines is 2. The van der Waals surface area contributed by atoms with Gasteiger partial charge in [-0.1, -0.05) is 18.2 Å². The number of para-hydroxylation sites is 1. The number of pyridine rings is 1. The number of nitrogens with zero attached hydrogens (tertiary/aromatic N) is 2. The number of benzene rings is 1. The zero-order chi connectivity index (χ0) is 19.4. The summed E-state index contributed by atoms with van der Waals surface area (Å²) in [5.41, 5.74) is 7.17. The van der Waals surface area contributed by atoms with Gasteiger partial charge in [0.25, 0.3) is 5.91 Å². The molecule has 0 bridgehead atoms. The molecule has 1 aliphatic rings. The van der Waals surface area contributed by atoms with Gasteiger partial charge in [0.2, 0.25) is 0 Å². The van der Waals surface area contributed by atoms with Gasteiger partial charge >= 0.3 is 0 Å². The Morgan fingerprint density at radius 3 is 2.74 bits per heavy atom. The van der Waals surface area contributed by atoms with Gasteiger partial charge < -0.3 is 16.0 Å². The van der Waals surface area contributed by atoms with E-state index in [4.69, 9.17) is 5.73 Å². The van der Waals surface area contributed by atoms with E-state index in [1.54, 1.807) is 12.1 Å². The topological polar surface area (TPSA) is 71.2 Å². The molecule has 27 heavy (non-hydrogen) atoms. The zero-order valence-electron chi connectivity index (χ0n) is 15.9. The molecule has 1 saturated heterocycles. The van der Waals surface area contributed by atoms with Crippen LogP contribution in [-0.2, 0) is 0 Å². The second kappa shape index (κ2) is 8.30. The maximum Gasteiger partial charge on any atom is 0.252 e. The SMILES string of the molecule is CC1(C)CC(CCCNc2ccccc2)CN1c1nc(Br)ccc1C(N)=O. The lowest BCUT2D eigenvalue weighted by molar-refractivity contribution is 0.100. The monoisotopic (exact) mass is 430 g/mol. The molecule has 1 amide bonds. The Hall–Kier alpha value is -2.08. The number of amides is 1. The van der Waals surface area contributed by atoms with E-state index >= 15 is 0 Å². The van der Waals surface area contributed by atoms with E-state index in [2.05, 4.69) is 57.1 Å². The third-order valence-electron chi connectivity index (χ3n) is 5.21. The van der Waals surface area contributed by atoms with Crippen molar-refractivity contribution in [2.45, 2.75) is 38.6 Å². The molecule has 2 heterocycles. The summed E-state index contributed by atoms with van der Waals surface area (Å²) < 4.78 is 0.716. The first-order valence-electron chi connectivity index (χ1n) is 9.40. The predicted octanol–water partition coefficient (Wildman–Crippen LogP) is 4.44. The lowest BCUT2D eigenvalue weighted by Crippen LogP contribution is -2.40. The number of halogens is 1. The fourth-order valence-electron chi connectivity index (χ4n) is 3.96. The van der Waals surface area contributed by atoms with Crippen molar-refractivity contribution in [2.75, 3.05) is 23.3 Å². The third kappa shape index (κ3) is 4.80. The van der Waals surface area contributed by atoms with Crippen molar-refractivity contribution in [1.29, 1.82) is 0 Å². The van der Waals surface area contributed by atoms with Gasteiger partial charge in [-0.3, -0.25) is 4.79 Å². The van der Waals surface area contributed by atoms with Crippen LogP contribution in [0, 0.1) is 5.92 Å². The van der Waals surface area contributed by atoms with Crippen LogP contribution in [-0.4, -0.2) is 29.5 Å². The van der Waals surface area contributed by atoms with Crippen LogP contribution in [0.15, 0.2) is 47.1 Å². The first-order valence-corrected chi connectivity index (χ1v) is 10.2. The quantitative estimate of drug-likeness (QED) is 0.502. The van der Waals surface area contributed by atoms with Crippen molar-refractivity contribution in [1.82, 2.24) is 4.98 Å². The van der Waals surface area contributed by atoms with Crippen molar-refractivity contribution >= 4 is 33.3 Å². The van der Waals surface area contributed by atoms with E-state index < -0.39 is 5.91 Å². The third-order valence-corrected chi connectivity index (χ3v) is 5.66. The Balaban J connectivity index is 1.62. The minimum absolute atomic E-state index is 0.0600. The van der Waals surface area contributed by atoms with Crippen LogP contribution in [0.1, 0.15) is 43.5 Å². The number of primary amides is 1. The van der Waals surface area contributed by atoms with Crippen molar-refractivity contribution in [3.8, 4) is 0 Å².